The van der Waals surface area contributed by atoms with Crippen molar-refractivity contribution in [2.24, 2.45) is 0 Å². The van der Waals surface area contributed by atoms with Gasteiger partial charge >= 0.3 is 0 Å². The maximum atomic E-state index is 13.0. The number of aromatic nitrogens is 1. The van der Waals surface area contributed by atoms with Crippen molar-refractivity contribution < 1.29 is 4.39 Å². The fraction of sp³-hybridized carbons (Fsp3) is 0.500. The molecule has 0 bridgehead atoms. The smallest absolute Gasteiger partial charge is 0.146 e. The minimum absolute atomic E-state index is 0.315. The quantitative estimate of drug-likeness (QED) is 0.772. The molecule has 1 saturated heterocycles. The summed E-state index contributed by atoms with van der Waals surface area (Å²) in [6.45, 7) is 6.76. The maximum Gasteiger partial charge on any atom is 0.146 e. The van der Waals surface area contributed by atoms with Crippen molar-refractivity contribution in [2.45, 2.75) is 6.92 Å². The number of anilines is 1. The van der Waals surface area contributed by atoms with E-state index in [1.54, 1.807) is 0 Å². The molecule has 4 nitrogen and oxygen atoms in total. The first kappa shape index (κ1) is 11.8. The molecule has 0 radical (unpaired) electrons. The van der Waals surface area contributed by atoms with E-state index in [1.807, 2.05) is 11.0 Å². The van der Waals surface area contributed by atoms with E-state index >= 15 is 0 Å². The summed E-state index contributed by atoms with van der Waals surface area (Å²) in [5, 5.41) is 8.98. The average molecular weight is 234 g/mol. The second-order valence-electron chi connectivity index (χ2n) is 4.06. The molecule has 1 aliphatic heterocycles. The highest BCUT2D eigenvalue weighted by Crippen LogP contribution is 2.19. The van der Waals surface area contributed by atoms with Gasteiger partial charge in [0.25, 0.3) is 0 Å². The predicted molar refractivity (Wildman–Crippen MR) is 63.2 cm³/mol. The second kappa shape index (κ2) is 5.11. The van der Waals surface area contributed by atoms with Crippen LogP contribution >= 0.6 is 0 Å². The monoisotopic (exact) mass is 234 g/mol. The Morgan fingerprint density at radius 2 is 2.12 bits per heavy atom. The molecule has 17 heavy (non-hydrogen) atoms. The van der Waals surface area contributed by atoms with Crippen LogP contribution in [0.3, 0.4) is 0 Å². The minimum Gasteiger partial charge on any atom is -0.353 e. The lowest BCUT2D eigenvalue weighted by molar-refractivity contribution is 0.270. The zero-order chi connectivity index (χ0) is 12.3. The van der Waals surface area contributed by atoms with E-state index in [2.05, 4.69) is 16.8 Å². The van der Waals surface area contributed by atoms with E-state index < -0.39 is 5.82 Å². The van der Waals surface area contributed by atoms with Gasteiger partial charge in [0.15, 0.2) is 0 Å². The molecule has 1 fully saturated rings. The van der Waals surface area contributed by atoms with E-state index in [0.29, 0.717) is 11.4 Å². The number of piperazine rings is 1. The van der Waals surface area contributed by atoms with Crippen LogP contribution < -0.4 is 4.90 Å². The van der Waals surface area contributed by atoms with Crippen LogP contribution in [0.5, 0.6) is 0 Å². The van der Waals surface area contributed by atoms with Crippen LogP contribution in [0.1, 0.15) is 12.5 Å². The van der Waals surface area contributed by atoms with Crippen molar-refractivity contribution in [3.05, 3.63) is 23.6 Å². The highest BCUT2D eigenvalue weighted by atomic mass is 19.1. The number of hydrogen-bond acceptors (Lipinski definition) is 4. The van der Waals surface area contributed by atoms with E-state index in [0.717, 1.165) is 32.7 Å². The number of nitriles is 1. The molecule has 0 saturated carbocycles. The van der Waals surface area contributed by atoms with Gasteiger partial charge in [0.2, 0.25) is 0 Å². The Hall–Kier alpha value is -1.67. The summed E-state index contributed by atoms with van der Waals surface area (Å²) in [5.74, 6) is 0.141. The van der Waals surface area contributed by atoms with Crippen molar-refractivity contribution in [2.75, 3.05) is 37.6 Å². The maximum absolute atomic E-state index is 13.0. The van der Waals surface area contributed by atoms with Crippen LogP contribution in [0.4, 0.5) is 10.2 Å². The summed E-state index contributed by atoms with van der Waals surface area (Å²) < 4.78 is 13.0. The van der Waals surface area contributed by atoms with Crippen molar-refractivity contribution in [1.29, 1.82) is 5.26 Å². The molecule has 2 rings (SSSR count). The van der Waals surface area contributed by atoms with Gasteiger partial charge in [0.1, 0.15) is 17.7 Å². The summed E-state index contributed by atoms with van der Waals surface area (Å²) >= 11 is 0. The zero-order valence-corrected chi connectivity index (χ0v) is 9.86. The summed E-state index contributed by atoms with van der Waals surface area (Å²) in [7, 11) is 0. The topological polar surface area (TPSA) is 43.2 Å². The summed E-state index contributed by atoms with van der Waals surface area (Å²) in [5.41, 5.74) is 0.315. The molecule has 1 aromatic heterocycles. The molecule has 5 heteroatoms. The Kier molecular flexibility index (Phi) is 3.55. The standard InChI is InChI=1S/C12H15FN4/c1-2-16-3-5-17(6-4-16)12-10(8-14)7-11(13)9-15-12/h7,9H,2-6H2,1H3. The molecule has 0 atom stereocenters. The van der Waals surface area contributed by atoms with Gasteiger partial charge in [-0.2, -0.15) is 5.26 Å². The van der Waals surface area contributed by atoms with Gasteiger partial charge in [-0.05, 0) is 12.6 Å². The van der Waals surface area contributed by atoms with Gasteiger partial charge in [-0.3, -0.25) is 0 Å². The highest BCUT2D eigenvalue weighted by Gasteiger charge is 2.19. The Labute approximate surface area is 100 Å². The fourth-order valence-electron chi connectivity index (χ4n) is 2.04. The normalized spacial score (nSPS) is 16.9. The molecule has 0 amide bonds. The van der Waals surface area contributed by atoms with Crippen molar-refractivity contribution in [1.82, 2.24) is 9.88 Å². The lowest BCUT2D eigenvalue weighted by Crippen LogP contribution is -2.46. The molecule has 0 aliphatic carbocycles. The van der Waals surface area contributed by atoms with Crippen LogP contribution in [-0.2, 0) is 0 Å². The zero-order valence-electron chi connectivity index (χ0n) is 9.86. The molecular weight excluding hydrogens is 219 g/mol. The lowest BCUT2D eigenvalue weighted by Gasteiger charge is -2.35. The molecule has 0 N–H and O–H groups in total. The third kappa shape index (κ3) is 2.53. The minimum atomic E-state index is -0.461. The van der Waals surface area contributed by atoms with Gasteiger partial charge in [0, 0.05) is 26.2 Å². The Morgan fingerprint density at radius 1 is 1.41 bits per heavy atom. The van der Waals surface area contributed by atoms with Gasteiger partial charge in [-0.15, -0.1) is 0 Å². The van der Waals surface area contributed by atoms with Gasteiger partial charge in [-0.1, -0.05) is 6.92 Å². The number of likely N-dealkylation sites (N-methyl/N-ethyl adjacent to an activating group) is 1. The first-order chi connectivity index (χ1) is 8.24. The SMILES string of the molecule is CCN1CCN(c2ncc(F)cc2C#N)CC1. The lowest BCUT2D eigenvalue weighted by atomic mass is 10.2. The number of nitrogens with zero attached hydrogens (tertiary/aromatic N) is 4. The Morgan fingerprint density at radius 3 is 2.71 bits per heavy atom. The van der Waals surface area contributed by atoms with E-state index in [4.69, 9.17) is 5.26 Å². The molecule has 90 valence electrons. The van der Waals surface area contributed by atoms with Crippen LogP contribution in [0.2, 0.25) is 0 Å². The van der Waals surface area contributed by atoms with Gasteiger partial charge in [-0.25, -0.2) is 9.37 Å². The molecule has 0 unspecified atom stereocenters. The number of rotatable bonds is 2. The van der Waals surface area contributed by atoms with Crippen LogP contribution in [-0.4, -0.2) is 42.6 Å². The average Bonchev–Trinajstić information content (AvgIpc) is 2.39. The summed E-state index contributed by atoms with van der Waals surface area (Å²) in [6, 6.07) is 3.25. The first-order valence-electron chi connectivity index (χ1n) is 5.77. The molecule has 1 aromatic rings. The van der Waals surface area contributed by atoms with Crippen LogP contribution in [0, 0.1) is 17.1 Å². The first-order valence-corrected chi connectivity index (χ1v) is 5.77. The molecule has 1 aliphatic rings. The largest absolute Gasteiger partial charge is 0.353 e. The van der Waals surface area contributed by atoms with Crippen molar-refractivity contribution in [3.63, 3.8) is 0 Å². The van der Waals surface area contributed by atoms with Gasteiger partial charge < -0.3 is 9.80 Å². The van der Waals surface area contributed by atoms with Crippen molar-refractivity contribution in [3.8, 4) is 6.07 Å². The number of pyridine rings is 1. The number of hydrogen-bond donors (Lipinski definition) is 0. The van der Waals surface area contributed by atoms with E-state index in [9.17, 15) is 4.39 Å². The predicted octanol–water partition coefficient (Wildman–Crippen LogP) is 1.23. The van der Waals surface area contributed by atoms with Crippen molar-refractivity contribution >= 4 is 5.82 Å². The molecule has 0 aromatic carbocycles. The summed E-state index contributed by atoms with van der Waals surface area (Å²) in [6.07, 6.45) is 1.17. The summed E-state index contributed by atoms with van der Waals surface area (Å²) in [4.78, 5) is 8.42. The fourth-order valence-corrected chi connectivity index (χ4v) is 2.04. The molecule has 0 spiro atoms. The number of halogens is 1. The van der Waals surface area contributed by atoms with Gasteiger partial charge in [0.05, 0.1) is 11.8 Å². The second-order valence-corrected chi connectivity index (χ2v) is 4.06. The highest BCUT2D eigenvalue weighted by molar-refractivity contribution is 5.53. The molecular formula is C12H15FN4. The Bertz CT molecular complexity index is 433. The third-order valence-corrected chi connectivity index (χ3v) is 3.07. The van der Waals surface area contributed by atoms with E-state index in [-0.39, 0.29) is 0 Å². The molecule has 2 heterocycles. The van der Waals surface area contributed by atoms with E-state index in [1.165, 1.54) is 12.3 Å². The Balaban J connectivity index is 2.16. The van der Waals surface area contributed by atoms with Crippen LogP contribution in [0.15, 0.2) is 12.3 Å². The third-order valence-electron chi connectivity index (χ3n) is 3.07. The van der Waals surface area contributed by atoms with Crippen LogP contribution in [0.25, 0.3) is 0 Å².